The van der Waals surface area contributed by atoms with Crippen LogP contribution >= 0.6 is 0 Å². The third kappa shape index (κ3) is 13.8. The Bertz CT molecular complexity index is 290. The number of carbonyl (C=O) groups is 1. The lowest BCUT2D eigenvalue weighted by molar-refractivity contribution is -0.150. The van der Waals surface area contributed by atoms with E-state index in [2.05, 4.69) is 19.2 Å². The summed E-state index contributed by atoms with van der Waals surface area (Å²) in [6.07, 6.45) is 16.9. The number of hydrogen-bond donors (Lipinski definition) is 1. The van der Waals surface area contributed by atoms with Crippen LogP contribution in [0.25, 0.3) is 0 Å². The third-order valence-corrected chi connectivity index (χ3v) is 4.56. The lowest BCUT2D eigenvalue weighted by Gasteiger charge is -2.23. The van der Waals surface area contributed by atoms with Crippen molar-refractivity contribution in [1.82, 2.24) is 5.32 Å². The molecule has 3 heteroatoms. The van der Waals surface area contributed by atoms with E-state index in [0.717, 1.165) is 19.4 Å². The summed E-state index contributed by atoms with van der Waals surface area (Å²) in [5.41, 5.74) is -0.562. The Morgan fingerprint density at radius 1 is 0.750 bits per heavy atom. The highest BCUT2D eigenvalue weighted by Gasteiger charge is 2.27. The fourth-order valence-corrected chi connectivity index (χ4v) is 2.80. The van der Waals surface area contributed by atoms with Crippen LogP contribution in [0.15, 0.2) is 0 Å². The quantitative estimate of drug-likeness (QED) is 0.260. The normalized spacial score (nSPS) is 11.7. The van der Waals surface area contributed by atoms with Crippen molar-refractivity contribution in [2.75, 3.05) is 13.2 Å². The molecular weight excluding hydrogens is 298 g/mol. The van der Waals surface area contributed by atoms with Crippen molar-refractivity contribution >= 4 is 5.97 Å². The van der Waals surface area contributed by atoms with Crippen LogP contribution in [0.2, 0.25) is 0 Å². The molecule has 0 aliphatic rings. The van der Waals surface area contributed by atoms with Gasteiger partial charge in [0.2, 0.25) is 0 Å². The molecule has 0 amide bonds. The van der Waals surface area contributed by atoms with E-state index in [1.165, 1.54) is 70.6 Å². The first kappa shape index (κ1) is 23.4. The van der Waals surface area contributed by atoms with E-state index in [4.69, 9.17) is 4.74 Å². The van der Waals surface area contributed by atoms with Crippen molar-refractivity contribution in [3.63, 3.8) is 0 Å². The molecule has 0 spiro atoms. The summed E-state index contributed by atoms with van der Waals surface area (Å²) in [6.45, 7) is 9.57. The maximum atomic E-state index is 12.0. The number of nitrogens with one attached hydrogen (secondary N) is 1. The molecule has 0 unspecified atom stereocenters. The second-order valence-corrected chi connectivity index (χ2v) is 7.58. The zero-order valence-electron chi connectivity index (χ0n) is 16.9. The molecule has 0 fully saturated rings. The monoisotopic (exact) mass is 341 g/mol. The molecule has 0 aliphatic heterocycles. The van der Waals surface area contributed by atoms with Gasteiger partial charge in [-0.25, -0.2) is 0 Å². The molecule has 0 aromatic rings. The lowest BCUT2D eigenvalue weighted by atomic mass is 10.1. The molecule has 0 rings (SSSR count). The Morgan fingerprint density at radius 2 is 1.21 bits per heavy atom. The molecule has 0 aliphatic carbocycles. The van der Waals surface area contributed by atoms with Crippen molar-refractivity contribution in [3.8, 4) is 0 Å². The molecular formula is C21H43NO2. The Balaban J connectivity index is 3.34. The summed E-state index contributed by atoms with van der Waals surface area (Å²) in [4.78, 5) is 12.0. The van der Waals surface area contributed by atoms with Crippen LogP contribution in [0.3, 0.4) is 0 Å². The summed E-state index contributed by atoms with van der Waals surface area (Å²) in [6, 6.07) is 0. The average molecular weight is 342 g/mol. The number of hydrogen-bond acceptors (Lipinski definition) is 3. The van der Waals surface area contributed by atoms with Crippen molar-refractivity contribution in [1.29, 1.82) is 0 Å². The van der Waals surface area contributed by atoms with Crippen LogP contribution in [-0.2, 0) is 9.53 Å². The molecule has 1 N–H and O–H groups in total. The Morgan fingerprint density at radius 3 is 1.67 bits per heavy atom. The molecule has 0 aromatic carbocycles. The summed E-state index contributed by atoms with van der Waals surface area (Å²) in [5.74, 6) is -0.126. The van der Waals surface area contributed by atoms with Gasteiger partial charge in [0.05, 0.1) is 6.61 Å². The predicted molar refractivity (Wildman–Crippen MR) is 104 cm³/mol. The van der Waals surface area contributed by atoms with Crippen LogP contribution in [0.4, 0.5) is 0 Å². The molecule has 3 nitrogen and oxygen atoms in total. The van der Waals surface area contributed by atoms with Gasteiger partial charge in [-0.1, -0.05) is 84.5 Å². The third-order valence-electron chi connectivity index (χ3n) is 4.56. The van der Waals surface area contributed by atoms with E-state index in [1.54, 1.807) is 0 Å². The van der Waals surface area contributed by atoms with Crippen molar-refractivity contribution in [3.05, 3.63) is 0 Å². The van der Waals surface area contributed by atoms with Crippen LogP contribution in [0.5, 0.6) is 0 Å². The average Bonchev–Trinajstić information content (AvgIpc) is 2.57. The van der Waals surface area contributed by atoms with Crippen LogP contribution in [0, 0.1) is 0 Å². The van der Waals surface area contributed by atoms with Gasteiger partial charge >= 0.3 is 5.97 Å². The Hall–Kier alpha value is -0.570. The zero-order chi connectivity index (χ0) is 18.1. The maximum absolute atomic E-state index is 12.0. The van der Waals surface area contributed by atoms with Crippen LogP contribution in [0.1, 0.15) is 111 Å². The minimum atomic E-state index is -0.562. The molecule has 0 bridgehead atoms. The first-order valence-electron chi connectivity index (χ1n) is 10.5. The minimum Gasteiger partial charge on any atom is -0.464 e. The molecule has 0 saturated heterocycles. The second kappa shape index (κ2) is 15.9. The topological polar surface area (TPSA) is 38.3 Å². The largest absolute Gasteiger partial charge is 0.464 e. The maximum Gasteiger partial charge on any atom is 0.325 e. The SMILES string of the molecule is CCCCCCCCCCCCCCOC(=O)C(C)(C)NCCC. The van der Waals surface area contributed by atoms with Gasteiger partial charge in [-0.3, -0.25) is 4.79 Å². The van der Waals surface area contributed by atoms with Crippen LogP contribution in [-0.4, -0.2) is 24.7 Å². The Labute approximate surface area is 151 Å². The summed E-state index contributed by atoms with van der Waals surface area (Å²) in [7, 11) is 0. The van der Waals surface area contributed by atoms with E-state index in [1.807, 2.05) is 13.8 Å². The molecule has 0 aromatic heterocycles. The highest BCUT2D eigenvalue weighted by atomic mass is 16.5. The van der Waals surface area contributed by atoms with E-state index in [-0.39, 0.29) is 5.97 Å². The number of rotatable bonds is 17. The van der Waals surface area contributed by atoms with E-state index in [9.17, 15) is 4.79 Å². The first-order chi connectivity index (χ1) is 11.5. The first-order valence-corrected chi connectivity index (χ1v) is 10.5. The van der Waals surface area contributed by atoms with Gasteiger partial charge in [-0.15, -0.1) is 0 Å². The van der Waals surface area contributed by atoms with E-state index in [0.29, 0.717) is 6.61 Å². The summed E-state index contributed by atoms with van der Waals surface area (Å²) < 4.78 is 5.39. The zero-order valence-corrected chi connectivity index (χ0v) is 16.9. The van der Waals surface area contributed by atoms with E-state index < -0.39 is 5.54 Å². The predicted octanol–water partition coefficient (Wildman–Crippen LogP) is 6.01. The summed E-state index contributed by atoms with van der Waals surface area (Å²) in [5, 5.41) is 3.23. The second-order valence-electron chi connectivity index (χ2n) is 7.58. The molecule has 24 heavy (non-hydrogen) atoms. The van der Waals surface area contributed by atoms with Gasteiger partial charge in [-0.05, 0) is 33.2 Å². The van der Waals surface area contributed by atoms with Gasteiger partial charge in [0.25, 0.3) is 0 Å². The molecule has 0 saturated carbocycles. The van der Waals surface area contributed by atoms with Gasteiger partial charge in [0.1, 0.15) is 5.54 Å². The van der Waals surface area contributed by atoms with Gasteiger partial charge < -0.3 is 10.1 Å². The van der Waals surface area contributed by atoms with Crippen LogP contribution < -0.4 is 5.32 Å². The molecule has 0 radical (unpaired) electrons. The summed E-state index contributed by atoms with van der Waals surface area (Å²) >= 11 is 0. The minimum absolute atomic E-state index is 0.126. The van der Waals surface area contributed by atoms with Crippen molar-refractivity contribution < 1.29 is 9.53 Å². The van der Waals surface area contributed by atoms with Crippen molar-refractivity contribution in [2.24, 2.45) is 0 Å². The highest BCUT2D eigenvalue weighted by molar-refractivity contribution is 5.79. The van der Waals surface area contributed by atoms with Crippen molar-refractivity contribution in [2.45, 2.75) is 117 Å². The van der Waals surface area contributed by atoms with Gasteiger partial charge in [0, 0.05) is 0 Å². The smallest absolute Gasteiger partial charge is 0.325 e. The molecule has 0 heterocycles. The van der Waals surface area contributed by atoms with Gasteiger partial charge in [-0.2, -0.15) is 0 Å². The van der Waals surface area contributed by atoms with E-state index >= 15 is 0 Å². The number of unbranched alkanes of at least 4 members (excludes halogenated alkanes) is 11. The fraction of sp³-hybridized carbons (Fsp3) is 0.952. The molecule has 0 atom stereocenters. The highest BCUT2D eigenvalue weighted by Crippen LogP contribution is 2.12. The van der Waals surface area contributed by atoms with Gasteiger partial charge in [0.15, 0.2) is 0 Å². The lowest BCUT2D eigenvalue weighted by Crippen LogP contribution is -2.48. The number of carbonyl (C=O) groups excluding carboxylic acids is 1. The standard InChI is InChI=1S/C21H43NO2/c1-5-7-8-9-10-11-12-13-14-15-16-17-19-24-20(23)21(3,4)22-18-6-2/h22H,5-19H2,1-4H3. The number of esters is 1. The molecule has 144 valence electrons. The Kier molecular flexibility index (Phi) is 15.6. The fourth-order valence-electron chi connectivity index (χ4n) is 2.80. The number of ether oxygens (including phenoxy) is 1.